The van der Waals surface area contributed by atoms with Gasteiger partial charge in [-0.15, -0.1) is 0 Å². The lowest BCUT2D eigenvalue weighted by Crippen LogP contribution is -2.46. The highest BCUT2D eigenvalue weighted by atomic mass is 35.5. The van der Waals surface area contributed by atoms with Gasteiger partial charge in [-0.1, -0.05) is 43.1 Å². The molecule has 0 spiro atoms. The minimum atomic E-state index is -0.702. The van der Waals surface area contributed by atoms with Crippen molar-refractivity contribution in [3.63, 3.8) is 0 Å². The molecular weight excluding hydrogens is 557 g/mol. The number of piperazine rings is 1. The minimum Gasteiger partial charge on any atom is -0.494 e. The number of unbranched alkanes of at least 4 members (excludes halogenated alkanes) is 1. The Labute approximate surface area is 244 Å². The number of aromatic nitrogens is 1. The van der Waals surface area contributed by atoms with Gasteiger partial charge in [0.15, 0.2) is 6.23 Å². The summed E-state index contributed by atoms with van der Waals surface area (Å²) in [5.41, 5.74) is 1.47. The highest BCUT2D eigenvalue weighted by Crippen LogP contribution is 2.33. The third kappa shape index (κ3) is 7.42. The number of rotatable bonds is 10. The van der Waals surface area contributed by atoms with Crippen molar-refractivity contribution in [2.45, 2.75) is 32.9 Å². The van der Waals surface area contributed by atoms with Gasteiger partial charge in [0.25, 0.3) is 5.56 Å². The van der Waals surface area contributed by atoms with Crippen LogP contribution < -0.4 is 15.2 Å². The number of carbonyl (C=O) groups is 1. The van der Waals surface area contributed by atoms with Gasteiger partial charge in [-0.3, -0.25) is 14.3 Å². The van der Waals surface area contributed by atoms with E-state index in [-0.39, 0.29) is 11.5 Å². The molecule has 1 aliphatic rings. The summed E-state index contributed by atoms with van der Waals surface area (Å²) in [7, 11) is 0. The molecular formula is C29H35Cl2N3O4S. The largest absolute Gasteiger partial charge is 0.494 e. The van der Waals surface area contributed by atoms with Gasteiger partial charge in [0.1, 0.15) is 5.75 Å². The predicted octanol–water partition coefficient (Wildman–Crippen LogP) is 6.94. The number of ether oxygens (including phenoxy) is 2. The lowest BCUT2D eigenvalue weighted by atomic mass is 10.1. The third-order valence-electron chi connectivity index (χ3n) is 6.89. The van der Waals surface area contributed by atoms with E-state index in [4.69, 9.17) is 32.7 Å². The van der Waals surface area contributed by atoms with Crippen LogP contribution in [0.4, 0.5) is 10.5 Å². The first-order chi connectivity index (χ1) is 18.8. The van der Waals surface area contributed by atoms with Gasteiger partial charge in [-0.25, -0.2) is 4.79 Å². The second-order valence-electron chi connectivity index (χ2n) is 9.93. The molecule has 210 valence electrons. The maximum absolute atomic E-state index is 12.8. The Balaban J connectivity index is 1.30. The van der Waals surface area contributed by atoms with Crippen LogP contribution in [0.15, 0.2) is 53.3 Å². The van der Waals surface area contributed by atoms with E-state index in [2.05, 4.69) is 9.80 Å². The fourth-order valence-corrected chi connectivity index (χ4v) is 5.41. The zero-order valence-corrected chi connectivity index (χ0v) is 24.9. The van der Waals surface area contributed by atoms with Gasteiger partial charge in [0.05, 0.1) is 27.9 Å². The SMILES string of the molecule is CSC(=O)OC(C(C)C)n1c(=O)ccc2ccc(OCCCCN3CCN(c4cccc(Cl)c4Cl)CC3)cc21. The van der Waals surface area contributed by atoms with E-state index in [0.29, 0.717) is 27.9 Å². The second kappa shape index (κ2) is 13.8. The van der Waals surface area contributed by atoms with Gasteiger partial charge in [-0.05, 0) is 73.1 Å². The molecule has 2 heterocycles. The number of pyridine rings is 1. The molecule has 1 saturated heterocycles. The van der Waals surface area contributed by atoms with Crippen molar-refractivity contribution in [3.05, 3.63) is 68.9 Å². The number of anilines is 1. The third-order valence-corrected chi connectivity index (χ3v) is 8.13. The van der Waals surface area contributed by atoms with Crippen LogP contribution in [-0.2, 0) is 4.74 Å². The number of thioether (sulfide) groups is 1. The van der Waals surface area contributed by atoms with Crippen LogP contribution >= 0.6 is 35.0 Å². The zero-order chi connectivity index (χ0) is 27.9. The van der Waals surface area contributed by atoms with Crippen molar-refractivity contribution < 1.29 is 14.3 Å². The van der Waals surface area contributed by atoms with Crippen molar-refractivity contribution in [3.8, 4) is 5.75 Å². The zero-order valence-electron chi connectivity index (χ0n) is 22.6. The summed E-state index contributed by atoms with van der Waals surface area (Å²) in [6, 6.07) is 14.8. The van der Waals surface area contributed by atoms with Crippen molar-refractivity contribution in [1.82, 2.24) is 9.47 Å². The molecule has 7 nitrogen and oxygen atoms in total. The maximum Gasteiger partial charge on any atom is 0.368 e. The molecule has 0 saturated carbocycles. The number of fused-ring (bicyclic) bond motifs is 1. The van der Waals surface area contributed by atoms with Crippen LogP contribution in [0, 0.1) is 5.92 Å². The summed E-state index contributed by atoms with van der Waals surface area (Å²) in [6.07, 6.45) is 2.90. The van der Waals surface area contributed by atoms with Crippen molar-refractivity contribution in [1.29, 1.82) is 0 Å². The highest BCUT2D eigenvalue weighted by molar-refractivity contribution is 8.12. The van der Waals surface area contributed by atoms with Crippen LogP contribution in [0.5, 0.6) is 5.75 Å². The Hall–Kier alpha value is -2.39. The molecule has 1 aliphatic heterocycles. The summed E-state index contributed by atoms with van der Waals surface area (Å²) in [5.74, 6) is 0.603. The normalized spacial score (nSPS) is 15.1. The predicted molar refractivity (Wildman–Crippen MR) is 162 cm³/mol. The fraction of sp³-hybridized carbons (Fsp3) is 0.448. The molecule has 4 rings (SSSR count). The monoisotopic (exact) mass is 591 g/mol. The van der Waals surface area contributed by atoms with Crippen LogP contribution in [0.1, 0.15) is 32.9 Å². The number of benzene rings is 2. The smallest absolute Gasteiger partial charge is 0.368 e. The van der Waals surface area contributed by atoms with Crippen LogP contribution in [0.25, 0.3) is 10.9 Å². The summed E-state index contributed by atoms with van der Waals surface area (Å²) in [6.45, 7) is 9.22. The van der Waals surface area contributed by atoms with Crippen molar-refractivity contribution >= 4 is 56.9 Å². The molecule has 0 amide bonds. The molecule has 0 bridgehead atoms. The number of hydrogen-bond donors (Lipinski definition) is 0. The maximum atomic E-state index is 12.8. The first-order valence-corrected chi connectivity index (χ1v) is 15.2. The molecule has 0 N–H and O–H groups in total. The Morgan fingerprint density at radius 1 is 1.03 bits per heavy atom. The lowest BCUT2D eigenvalue weighted by molar-refractivity contribution is 0.0420. The molecule has 10 heteroatoms. The Bertz CT molecular complexity index is 1340. The molecule has 1 atom stereocenters. The molecule has 0 aliphatic carbocycles. The van der Waals surface area contributed by atoms with Crippen molar-refractivity contribution in [2.75, 3.05) is 50.5 Å². The lowest BCUT2D eigenvalue weighted by Gasteiger charge is -2.36. The molecule has 1 fully saturated rings. The number of nitrogens with zero attached hydrogens (tertiary/aromatic N) is 3. The van der Waals surface area contributed by atoms with E-state index in [1.807, 2.05) is 50.2 Å². The Morgan fingerprint density at radius 3 is 2.49 bits per heavy atom. The van der Waals surface area contributed by atoms with E-state index >= 15 is 0 Å². The van der Waals surface area contributed by atoms with E-state index in [9.17, 15) is 9.59 Å². The molecule has 2 aromatic carbocycles. The average molecular weight is 593 g/mol. The number of hydrogen-bond acceptors (Lipinski definition) is 7. The van der Waals surface area contributed by atoms with Gasteiger partial charge in [0, 0.05) is 44.2 Å². The van der Waals surface area contributed by atoms with Crippen LogP contribution in [0.3, 0.4) is 0 Å². The fourth-order valence-electron chi connectivity index (χ4n) is 4.80. The minimum absolute atomic E-state index is 0.0849. The van der Waals surface area contributed by atoms with E-state index in [1.165, 1.54) is 6.07 Å². The quantitative estimate of drug-likeness (QED) is 0.187. The first-order valence-electron chi connectivity index (χ1n) is 13.2. The molecule has 1 unspecified atom stereocenters. The standard InChI is InChI=1S/C29H35Cl2N3O4S/c1-20(2)28(38-29(36)39-3)34-25-19-22(11-9-21(25)10-12-26(34)35)37-18-5-4-13-32-14-16-33(17-15-32)24-8-6-7-23(30)27(24)31/h6-12,19-20,28H,4-5,13-18H2,1-3H3. The molecule has 0 radical (unpaired) electrons. The summed E-state index contributed by atoms with van der Waals surface area (Å²) >= 11 is 13.6. The molecule has 1 aromatic heterocycles. The van der Waals surface area contributed by atoms with E-state index in [1.54, 1.807) is 16.9 Å². The van der Waals surface area contributed by atoms with Crippen LogP contribution in [-0.4, -0.2) is 60.4 Å². The Morgan fingerprint density at radius 2 is 1.77 bits per heavy atom. The van der Waals surface area contributed by atoms with Gasteiger partial charge in [-0.2, -0.15) is 0 Å². The van der Waals surface area contributed by atoms with E-state index in [0.717, 1.165) is 68.4 Å². The summed E-state index contributed by atoms with van der Waals surface area (Å²) in [4.78, 5) is 29.6. The van der Waals surface area contributed by atoms with Crippen LogP contribution in [0.2, 0.25) is 10.0 Å². The van der Waals surface area contributed by atoms with Crippen molar-refractivity contribution in [2.24, 2.45) is 5.92 Å². The second-order valence-corrected chi connectivity index (χ2v) is 11.5. The molecule has 39 heavy (non-hydrogen) atoms. The highest BCUT2D eigenvalue weighted by Gasteiger charge is 2.23. The van der Waals surface area contributed by atoms with Gasteiger partial charge in [0.2, 0.25) is 0 Å². The number of halogens is 2. The summed E-state index contributed by atoms with van der Waals surface area (Å²) < 4.78 is 13.2. The first kappa shape index (κ1) is 29.6. The van der Waals surface area contributed by atoms with Gasteiger partial charge >= 0.3 is 5.30 Å². The number of carbonyl (C=O) groups excluding carboxylic acids is 1. The molecule has 3 aromatic rings. The topological polar surface area (TPSA) is 64.0 Å². The average Bonchev–Trinajstić information content (AvgIpc) is 2.93. The van der Waals surface area contributed by atoms with Gasteiger partial charge < -0.3 is 14.4 Å². The van der Waals surface area contributed by atoms with E-state index < -0.39 is 11.5 Å². The summed E-state index contributed by atoms with van der Waals surface area (Å²) in [5, 5.41) is 1.67. The Kier molecular flexibility index (Phi) is 10.5.